The Balaban J connectivity index is 1.91. The third kappa shape index (κ3) is 6.36. The summed E-state index contributed by atoms with van der Waals surface area (Å²) in [5.41, 5.74) is 2.23. The SMILES string of the molecule is CCCCC(=O)Nc1ccc(N(CCCC)Cc2ccco2)c(C(=O)N2CCCC2)c1. The van der Waals surface area contributed by atoms with Crippen LogP contribution in [0.4, 0.5) is 11.4 Å². The van der Waals surface area contributed by atoms with Crippen molar-refractivity contribution in [2.75, 3.05) is 29.9 Å². The van der Waals surface area contributed by atoms with Crippen molar-refractivity contribution in [3.63, 3.8) is 0 Å². The predicted octanol–water partition coefficient (Wildman–Crippen LogP) is 5.45. The highest BCUT2D eigenvalue weighted by molar-refractivity contribution is 6.02. The van der Waals surface area contributed by atoms with Gasteiger partial charge in [-0.15, -0.1) is 0 Å². The molecule has 168 valence electrons. The number of benzene rings is 1. The molecule has 2 aromatic rings. The molecule has 2 heterocycles. The largest absolute Gasteiger partial charge is 0.467 e. The van der Waals surface area contributed by atoms with Gasteiger partial charge in [0.05, 0.1) is 24.1 Å². The number of amides is 2. The number of nitrogens with zero attached hydrogens (tertiary/aromatic N) is 2. The van der Waals surface area contributed by atoms with Crippen LogP contribution in [0.15, 0.2) is 41.0 Å². The Morgan fingerprint density at radius 2 is 1.87 bits per heavy atom. The third-order valence-corrected chi connectivity index (χ3v) is 5.71. The lowest BCUT2D eigenvalue weighted by Crippen LogP contribution is -2.31. The Morgan fingerprint density at radius 1 is 1.10 bits per heavy atom. The highest BCUT2D eigenvalue weighted by Crippen LogP contribution is 2.29. The van der Waals surface area contributed by atoms with Gasteiger partial charge < -0.3 is 19.5 Å². The van der Waals surface area contributed by atoms with Gasteiger partial charge in [-0.3, -0.25) is 9.59 Å². The maximum atomic E-state index is 13.4. The molecule has 0 aliphatic carbocycles. The second kappa shape index (κ2) is 11.6. The number of furan rings is 1. The zero-order chi connectivity index (χ0) is 22.1. The number of hydrogen-bond donors (Lipinski definition) is 1. The molecule has 1 aromatic heterocycles. The maximum Gasteiger partial charge on any atom is 0.256 e. The maximum absolute atomic E-state index is 13.4. The van der Waals surface area contributed by atoms with Crippen LogP contribution in [0, 0.1) is 0 Å². The topological polar surface area (TPSA) is 65.8 Å². The fraction of sp³-hybridized carbons (Fsp3) is 0.520. The van der Waals surface area contributed by atoms with Crippen LogP contribution >= 0.6 is 0 Å². The molecule has 1 aliphatic rings. The number of carbonyl (C=O) groups excluding carboxylic acids is 2. The van der Waals surface area contributed by atoms with Gasteiger partial charge in [-0.1, -0.05) is 26.7 Å². The molecule has 1 fully saturated rings. The second-order valence-corrected chi connectivity index (χ2v) is 8.24. The van der Waals surface area contributed by atoms with Crippen LogP contribution in [0.3, 0.4) is 0 Å². The molecular weight excluding hydrogens is 390 g/mol. The Bertz CT molecular complexity index is 842. The van der Waals surface area contributed by atoms with Crippen LogP contribution in [0.2, 0.25) is 0 Å². The standard InChI is InChI=1S/C25H35N3O3/c1-3-5-11-24(29)26-20-12-13-23(22(18-20)25(30)27-15-7-8-16-27)28(14-6-4-2)19-21-10-9-17-31-21/h9-10,12-13,17-18H,3-8,11,14-16,19H2,1-2H3,(H,26,29). The number of anilines is 2. The number of carbonyl (C=O) groups is 2. The van der Waals surface area contributed by atoms with Gasteiger partial charge in [-0.25, -0.2) is 0 Å². The summed E-state index contributed by atoms with van der Waals surface area (Å²) in [6.07, 6.45) is 8.18. The summed E-state index contributed by atoms with van der Waals surface area (Å²) in [6.45, 7) is 7.25. The normalized spacial score (nSPS) is 13.4. The molecule has 6 nitrogen and oxygen atoms in total. The Labute approximate surface area is 185 Å². The lowest BCUT2D eigenvalue weighted by Gasteiger charge is -2.28. The van der Waals surface area contributed by atoms with Gasteiger partial charge >= 0.3 is 0 Å². The molecule has 1 aliphatic heterocycles. The number of rotatable bonds is 11. The van der Waals surface area contributed by atoms with Crippen molar-refractivity contribution in [2.45, 2.75) is 65.3 Å². The highest BCUT2D eigenvalue weighted by Gasteiger charge is 2.25. The van der Waals surface area contributed by atoms with Crippen LogP contribution in [0.25, 0.3) is 0 Å². The van der Waals surface area contributed by atoms with E-state index in [1.54, 1.807) is 6.26 Å². The van der Waals surface area contributed by atoms with Crippen molar-refractivity contribution in [3.8, 4) is 0 Å². The average molecular weight is 426 g/mol. The van der Waals surface area contributed by atoms with E-state index in [-0.39, 0.29) is 11.8 Å². The predicted molar refractivity (Wildman–Crippen MR) is 124 cm³/mol. The van der Waals surface area contributed by atoms with Gasteiger partial charge in [0.2, 0.25) is 5.91 Å². The van der Waals surface area contributed by atoms with Crippen LogP contribution in [0.1, 0.15) is 74.9 Å². The van der Waals surface area contributed by atoms with Gasteiger partial charge in [-0.05, 0) is 56.0 Å². The molecule has 0 spiro atoms. The molecule has 31 heavy (non-hydrogen) atoms. The minimum atomic E-state index is -0.00686. The van der Waals surface area contributed by atoms with E-state index in [1.807, 2.05) is 35.2 Å². The molecule has 0 unspecified atom stereocenters. The number of unbranched alkanes of at least 4 members (excludes halogenated alkanes) is 2. The summed E-state index contributed by atoms with van der Waals surface area (Å²) in [5.74, 6) is 0.901. The summed E-state index contributed by atoms with van der Waals surface area (Å²) in [6, 6.07) is 9.57. The quantitative estimate of drug-likeness (QED) is 0.520. The van der Waals surface area contributed by atoms with E-state index >= 15 is 0 Å². The smallest absolute Gasteiger partial charge is 0.256 e. The minimum Gasteiger partial charge on any atom is -0.467 e. The number of hydrogen-bond acceptors (Lipinski definition) is 4. The van der Waals surface area contributed by atoms with Gasteiger partial charge in [0.25, 0.3) is 5.91 Å². The molecule has 2 amide bonds. The monoisotopic (exact) mass is 425 g/mol. The van der Waals surface area contributed by atoms with Gasteiger partial charge in [0.15, 0.2) is 0 Å². The van der Waals surface area contributed by atoms with E-state index < -0.39 is 0 Å². The first kappa shape index (κ1) is 22.9. The van der Waals surface area contributed by atoms with Crippen molar-refractivity contribution < 1.29 is 14.0 Å². The summed E-state index contributed by atoms with van der Waals surface area (Å²) in [4.78, 5) is 29.8. The molecule has 0 saturated carbocycles. The van der Waals surface area contributed by atoms with Crippen molar-refractivity contribution >= 4 is 23.2 Å². The van der Waals surface area contributed by atoms with Gasteiger partial charge in [-0.2, -0.15) is 0 Å². The lowest BCUT2D eigenvalue weighted by molar-refractivity contribution is -0.116. The lowest BCUT2D eigenvalue weighted by atomic mass is 10.1. The molecular formula is C25H35N3O3. The van der Waals surface area contributed by atoms with E-state index in [0.717, 1.165) is 69.6 Å². The van der Waals surface area contributed by atoms with Gasteiger partial charge in [0, 0.05) is 31.7 Å². The highest BCUT2D eigenvalue weighted by atomic mass is 16.3. The zero-order valence-electron chi connectivity index (χ0n) is 18.9. The Morgan fingerprint density at radius 3 is 2.55 bits per heavy atom. The molecule has 1 N–H and O–H groups in total. The molecule has 3 rings (SSSR count). The first-order valence-corrected chi connectivity index (χ1v) is 11.6. The van der Waals surface area contributed by atoms with E-state index in [9.17, 15) is 9.59 Å². The van der Waals surface area contributed by atoms with Gasteiger partial charge in [0.1, 0.15) is 5.76 Å². The molecule has 6 heteroatoms. The molecule has 0 atom stereocenters. The van der Waals surface area contributed by atoms with Crippen molar-refractivity contribution in [1.29, 1.82) is 0 Å². The minimum absolute atomic E-state index is 0.00686. The molecule has 1 aromatic carbocycles. The molecule has 1 saturated heterocycles. The van der Waals surface area contributed by atoms with Crippen molar-refractivity contribution in [3.05, 3.63) is 47.9 Å². The van der Waals surface area contributed by atoms with E-state index in [0.29, 0.717) is 24.2 Å². The first-order valence-electron chi connectivity index (χ1n) is 11.6. The van der Waals surface area contributed by atoms with E-state index in [4.69, 9.17) is 4.42 Å². The summed E-state index contributed by atoms with van der Waals surface area (Å²) in [5, 5.41) is 2.97. The first-order chi connectivity index (χ1) is 15.1. The number of likely N-dealkylation sites (tertiary alicyclic amines) is 1. The van der Waals surface area contributed by atoms with Crippen LogP contribution in [-0.2, 0) is 11.3 Å². The van der Waals surface area contributed by atoms with Crippen molar-refractivity contribution in [2.24, 2.45) is 0 Å². The molecule has 0 radical (unpaired) electrons. The average Bonchev–Trinajstić information content (AvgIpc) is 3.49. The number of nitrogens with one attached hydrogen (secondary N) is 1. The zero-order valence-corrected chi connectivity index (χ0v) is 18.9. The Kier molecular flexibility index (Phi) is 8.56. The molecule has 0 bridgehead atoms. The van der Waals surface area contributed by atoms with Crippen LogP contribution in [-0.4, -0.2) is 36.3 Å². The van der Waals surface area contributed by atoms with Crippen LogP contribution < -0.4 is 10.2 Å². The van der Waals surface area contributed by atoms with E-state index in [2.05, 4.69) is 24.1 Å². The summed E-state index contributed by atoms with van der Waals surface area (Å²) < 4.78 is 5.59. The fourth-order valence-electron chi connectivity index (χ4n) is 3.94. The third-order valence-electron chi connectivity index (χ3n) is 5.71. The second-order valence-electron chi connectivity index (χ2n) is 8.24. The fourth-order valence-corrected chi connectivity index (χ4v) is 3.94. The summed E-state index contributed by atoms with van der Waals surface area (Å²) >= 11 is 0. The Hall–Kier alpha value is -2.76. The summed E-state index contributed by atoms with van der Waals surface area (Å²) in [7, 11) is 0. The van der Waals surface area contributed by atoms with Crippen LogP contribution in [0.5, 0.6) is 0 Å². The van der Waals surface area contributed by atoms with E-state index in [1.165, 1.54) is 0 Å². The van der Waals surface area contributed by atoms with Crippen molar-refractivity contribution in [1.82, 2.24) is 4.90 Å².